The van der Waals surface area contributed by atoms with Gasteiger partial charge in [0, 0.05) is 12.1 Å². The number of halogens is 2. The van der Waals surface area contributed by atoms with Crippen LogP contribution >= 0.6 is 34.2 Å². The van der Waals surface area contributed by atoms with Crippen molar-refractivity contribution in [2.45, 2.75) is 6.61 Å². The van der Waals surface area contributed by atoms with Crippen molar-refractivity contribution in [1.82, 2.24) is 9.97 Å². The summed E-state index contributed by atoms with van der Waals surface area (Å²) in [7, 11) is 3.18. The third-order valence-electron chi connectivity index (χ3n) is 2.63. The summed E-state index contributed by atoms with van der Waals surface area (Å²) in [4.78, 5) is 8.79. The third kappa shape index (κ3) is 3.13. The Labute approximate surface area is 135 Å². The Kier molecular flexibility index (Phi) is 5.00. The van der Waals surface area contributed by atoms with Crippen molar-refractivity contribution in [2.24, 2.45) is 0 Å². The second-order valence-electron chi connectivity index (χ2n) is 3.97. The van der Waals surface area contributed by atoms with Crippen LogP contribution < -0.4 is 10.5 Å². The van der Waals surface area contributed by atoms with E-state index in [0.717, 1.165) is 14.8 Å². The van der Waals surface area contributed by atoms with Gasteiger partial charge in [-0.05, 0) is 40.8 Å². The molecule has 20 heavy (non-hydrogen) atoms. The van der Waals surface area contributed by atoms with Crippen LogP contribution in [0, 0.1) is 3.57 Å². The molecule has 0 saturated carbocycles. The summed E-state index contributed by atoms with van der Waals surface area (Å²) in [5.41, 5.74) is 7.41. The summed E-state index contributed by atoms with van der Waals surface area (Å²) in [6.07, 6.45) is 0. The molecule has 0 aliphatic rings. The highest BCUT2D eigenvalue weighted by Crippen LogP contribution is 2.32. The fourth-order valence-corrected chi connectivity index (χ4v) is 2.27. The maximum Gasteiger partial charge on any atom is 0.165 e. The van der Waals surface area contributed by atoms with Crippen LogP contribution in [0.1, 0.15) is 5.69 Å². The lowest BCUT2D eigenvalue weighted by molar-refractivity contribution is 0.181. The van der Waals surface area contributed by atoms with Crippen molar-refractivity contribution in [2.75, 3.05) is 20.0 Å². The van der Waals surface area contributed by atoms with Crippen molar-refractivity contribution in [3.8, 4) is 17.1 Å². The number of ether oxygens (including phenoxy) is 2. The number of nitrogen functional groups attached to an aromatic ring is 1. The van der Waals surface area contributed by atoms with Gasteiger partial charge in [0.05, 0.1) is 28.5 Å². The lowest BCUT2D eigenvalue weighted by atomic mass is 10.2. The fraction of sp³-hybridized carbons (Fsp3) is 0.231. The van der Waals surface area contributed by atoms with Gasteiger partial charge >= 0.3 is 0 Å². The minimum absolute atomic E-state index is 0.369. The highest BCUT2D eigenvalue weighted by Gasteiger charge is 2.14. The number of anilines is 1. The summed E-state index contributed by atoms with van der Waals surface area (Å²) in [6.45, 7) is 0.369. The summed E-state index contributed by atoms with van der Waals surface area (Å²) in [5, 5.41) is 0.584. The molecule has 1 heterocycles. The number of hydrogen-bond acceptors (Lipinski definition) is 5. The van der Waals surface area contributed by atoms with Crippen molar-refractivity contribution in [3.63, 3.8) is 0 Å². The molecule has 2 rings (SSSR count). The van der Waals surface area contributed by atoms with Crippen molar-refractivity contribution < 1.29 is 9.47 Å². The Balaban J connectivity index is 2.58. The van der Waals surface area contributed by atoms with Crippen LogP contribution in [0.2, 0.25) is 5.02 Å². The van der Waals surface area contributed by atoms with Gasteiger partial charge in [-0.15, -0.1) is 0 Å². The minimum Gasteiger partial charge on any atom is -0.496 e. The third-order valence-corrected chi connectivity index (χ3v) is 4.04. The molecule has 2 aromatic rings. The van der Waals surface area contributed by atoms with E-state index in [4.69, 9.17) is 26.8 Å². The molecule has 7 heteroatoms. The maximum atomic E-state index is 5.95. The predicted molar refractivity (Wildman–Crippen MR) is 86.9 cm³/mol. The summed E-state index contributed by atoms with van der Waals surface area (Å²) >= 11 is 8.06. The van der Waals surface area contributed by atoms with Crippen LogP contribution in [-0.2, 0) is 11.3 Å². The molecule has 0 unspecified atom stereocenters. The van der Waals surface area contributed by atoms with Crippen LogP contribution in [0.25, 0.3) is 11.4 Å². The first kappa shape index (κ1) is 15.3. The average molecular weight is 406 g/mol. The monoisotopic (exact) mass is 405 g/mol. The first-order valence-electron chi connectivity index (χ1n) is 5.71. The summed E-state index contributed by atoms with van der Waals surface area (Å²) in [6, 6.07) is 5.27. The zero-order valence-corrected chi connectivity index (χ0v) is 13.9. The number of methoxy groups -OCH3 is 2. The van der Waals surface area contributed by atoms with Crippen molar-refractivity contribution >= 4 is 40.0 Å². The molecule has 0 atom stereocenters. The minimum atomic E-state index is 0.369. The molecule has 0 aliphatic heterocycles. The summed E-state index contributed by atoms with van der Waals surface area (Å²) < 4.78 is 11.2. The van der Waals surface area contributed by atoms with E-state index < -0.39 is 0 Å². The lowest BCUT2D eigenvalue weighted by Gasteiger charge is -2.11. The lowest BCUT2D eigenvalue weighted by Crippen LogP contribution is -2.06. The fourth-order valence-electron chi connectivity index (χ4n) is 1.72. The predicted octanol–water partition coefficient (Wildman–Crippen LogP) is 3.14. The first-order chi connectivity index (χ1) is 9.56. The van der Waals surface area contributed by atoms with Crippen LogP contribution in [-0.4, -0.2) is 24.2 Å². The molecule has 0 amide bonds. The summed E-state index contributed by atoms with van der Waals surface area (Å²) in [5.74, 6) is 1.50. The van der Waals surface area contributed by atoms with Gasteiger partial charge in [-0.1, -0.05) is 11.6 Å². The van der Waals surface area contributed by atoms with E-state index >= 15 is 0 Å². The Morgan fingerprint density at radius 2 is 2.05 bits per heavy atom. The van der Waals surface area contributed by atoms with E-state index in [1.165, 1.54) is 0 Å². The molecule has 0 bridgehead atoms. The topological polar surface area (TPSA) is 70.3 Å². The van der Waals surface area contributed by atoms with E-state index in [2.05, 4.69) is 32.6 Å². The number of nitrogens with zero attached hydrogens (tertiary/aromatic N) is 2. The molecule has 0 fully saturated rings. The SMILES string of the molecule is COCc1nc(-c2ccc(Cl)cc2OC)nc(N)c1I. The van der Waals surface area contributed by atoms with E-state index in [1.54, 1.807) is 32.4 Å². The molecule has 0 spiro atoms. The van der Waals surface area contributed by atoms with Gasteiger partial charge in [0.15, 0.2) is 5.82 Å². The molecule has 5 nitrogen and oxygen atoms in total. The second-order valence-corrected chi connectivity index (χ2v) is 5.49. The Bertz CT molecular complexity index is 637. The molecular weight excluding hydrogens is 393 g/mol. The zero-order chi connectivity index (χ0) is 14.7. The Hall–Kier alpha value is -1.12. The molecule has 0 aliphatic carbocycles. The number of aromatic nitrogens is 2. The van der Waals surface area contributed by atoms with E-state index in [-0.39, 0.29) is 0 Å². The van der Waals surface area contributed by atoms with Gasteiger partial charge in [0.1, 0.15) is 11.6 Å². The van der Waals surface area contributed by atoms with E-state index in [9.17, 15) is 0 Å². The molecule has 106 valence electrons. The van der Waals surface area contributed by atoms with Gasteiger partial charge in [-0.25, -0.2) is 9.97 Å². The van der Waals surface area contributed by atoms with Crippen LogP contribution in [0.15, 0.2) is 18.2 Å². The van der Waals surface area contributed by atoms with Crippen LogP contribution in [0.3, 0.4) is 0 Å². The molecule has 0 radical (unpaired) electrons. The van der Waals surface area contributed by atoms with Gasteiger partial charge in [-0.3, -0.25) is 0 Å². The quantitative estimate of drug-likeness (QED) is 0.792. The van der Waals surface area contributed by atoms with Crippen molar-refractivity contribution in [3.05, 3.63) is 32.5 Å². The van der Waals surface area contributed by atoms with E-state index in [1.807, 2.05) is 0 Å². The Morgan fingerprint density at radius 3 is 2.70 bits per heavy atom. The smallest absolute Gasteiger partial charge is 0.165 e. The standard InChI is InChI=1S/C13H13ClIN3O2/c1-19-6-9-11(15)12(16)18-13(17-9)8-4-3-7(14)5-10(8)20-2/h3-5H,6H2,1-2H3,(H2,16,17,18). The molecule has 0 saturated heterocycles. The van der Waals surface area contributed by atoms with Crippen LogP contribution in [0.4, 0.5) is 5.82 Å². The Morgan fingerprint density at radius 1 is 1.30 bits per heavy atom. The molecule has 1 aromatic heterocycles. The molecular formula is C13H13ClIN3O2. The van der Waals surface area contributed by atoms with Gasteiger partial charge < -0.3 is 15.2 Å². The van der Waals surface area contributed by atoms with Gasteiger partial charge in [0.25, 0.3) is 0 Å². The largest absolute Gasteiger partial charge is 0.496 e. The molecule has 2 N–H and O–H groups in total. The number of hydrogen-bond donors (Lipinski definition) is 1. The van der Waals surface area contributed by atoms with Crippen LogP contribution in [0.5, 0.6) is 5.75 Å². The number of rotatable bonds is 4. The van der Waals surface area contributed by atoms with Crippen molar-refractivity contribution in [1.29, 1.82) is 0 Å². The highest BCUT2D eigenvalue weighted by molar-refractivity contribution is 14.1. The van der Waals surface area contributed by atoms with Gasteiger partial charge in [-0.2, -0.15) is 0 Å². The van der Waals surface area contributed by atoms with Gasteiger partial charge in [0.2, 0.25) is 0 Å². The number of nitrogens with two attached hydrogens (primary N) is 1. The maximum absolute atomic E-state index is 5.95. The number of benzene rings is 1. The average Bonchev–Trinajstić information content (AvgIpc) is 2.43. The second kappa shape index (κ2) is 6.55. The van der Waals surface area contributed by atoms with E-state index in [0.29, 0.717) is 29.0 Å². The normalized spacial score (nSPS) is 10.6. The zero-order valence-electron chi connectivity index (χ0n) is 11.0. The molecule has 1 aromatic carbocycles. The first-order valence-corrected chi connectivity index (χ1v) is 7.17. The highest BCUT2D eigenvalue weighted by atomic mass is 127.